The number of unbranched alkanes of at least 4 members (excludes halogenated alkanes) is 2. The number of aromatic nitrogens is 6. The van der Waals surface area contributed by atoms with Crippen LogP contribution in [0, 0.1) is 12.8 Å². The Labute approximate surface area is 442 Å². The average Bonchev–Trinajstić information content (AvgIpc) is 4.12. The van der Waals surface area contributed by atoms with E-state index in [1.54, 1.807) is 60.8 Å². The van der Waals surface area contributed by atoms with E-state index < -0.39 is 36.0 Å². The Hall–Kier alpha value is -8.17. The minimum absolute atomic E-state index is 0.00979. The van der Waals surface area contributed by atoms with Crippen molar-refractivity contribution < 1.29 is 38.3 Å². The van der Waals surface area contributed by atoms with Gasteiger partial charge in [-0.2, -0.15) is 5.10 Å². The van der Waals surface area contributed by atoms with Crippen LogP contribution in [0.15, 0.2) is 97.5 Å². The molecule has 8 amide bonds. The molecule has 0 bridgehead atoms. The molecule has 21 nitrogen and oxygen atoms in total. The number of aryl methyl sites for hydroxylation is 1. The molecule has 23 heteroatoms. The number of primary amides is 1. The number of hydrogen-bond acceptors (Lipinski definition) is 12. The number of anilines is 1. The summed E-state index contributed by atoms with van der Waals surface area (Å²) in [6.45, 7) is 5.62. The lowest BCUT2D eigenvalue weighted by Crippen LogP contribution is -2.54. The van der Waals surface area contributed by atoms with E-state index in [1.807, 2.05) is 43.5 Å². The van der Waals surface area contributed by atoms with Crippen LogP contribution in [-0.2, 0) is 48.4 Å². The number of rotatable bonds is 24. The summed E-state index contributed by atoms with van der Waals surface area (Å²) < 4.78 is 7.52. The van der Waals surface area contributed by atoms with Gasteiger partial charge in [-0.3, -0.25) is 38.8 Å². The van der Waals surface area contributed by atoms with Gasteiger partial charge in [-0.15, -0.1) is 0 Å². The molecule has 6 aromatic rings. The van der Waals surface area contributed by atoms with Gasteiger partial charge in [-0.25, -0.2) is 24.1 Å². The number of carbonyl (C=O) groups excluding carboxylic acids is 7. The molecule has 1 aliphatic rings. The van der Waals surface area contributed by atoms with Gasteiger partial charge in [-0.1, -0.05) is 61.7 Å². The number of pyridine rings is 2. The largest absolute Gasteiger partial charge is 0.445 e. The summed E-state index contributed by atoms with van der Waals surface area (Å²) in [5, 5.41) is 16.0. The highest BCUT2D eigenvalue weighted by atomic mass is 35.5. The zero-order chi connectivity index (χ0) is 53.6. The molecule has 392 valence electrons. The Kier molecular flexibility index (Phi) is 18.7. The van der Waals surface area contributed by atoms with Crippen LogP contribution in [0.1, 0.15) is 75.0 Å². The van der Waals surface area contributed by atoms with Crippen molar-refractivity contribution in [1.29, 1.82) is 0 Å². The van der Waals surface area contributed by atoms with Gasteiger partial charge >= 0.3 is 12.1 Å². The van der Waals surface area contributed by atoms with Crippen molar-refractivity contribution in [3.05, 3.63) is 130 Å². The summed E-state index contributed by atoms with van der Waals surface area (Å²) in [5.41, 5.74) is 10.8. The van der Waals surface area contributed by atoms with Crippen LogP contribution in [0.2, 0.25) is 10.0 Å². The molecular formula is C52H57Cl2N13O8. The van der Waals surface area contributed by atoms with Crippen molar-refractivity contribution in [2.75, 3.05) is 18.4 Å². The van der Waals surface area contributed by atoms with Crippen molar-refractivity contribution in [1.82, 2.24) is 55.3 Å². The number of fused-ring (bicyclic) bond motifs is 1. The number of imidazole rings is 1. The summed E-state index contributed by atoms with van der Waals surface area (Å²) in [7, 11) is 0. The number of ether oxygens (including phenoxy) is 1. The molecule has 0 fully saturated rings. The minimum atomic E-state index is -1.08. The molecular weight excluding hydrogens is 1010 g/mol. The first-order valence-electron chi connectivity index (χ1n) is 24.3. The van der Waals surface area contributed by atoms with Gasteiger partial charge in [0.2, 0.25) is 17.7 Å². The van der Waals surface area contributed by atoms with Crippen molar-refractivity contribution in [3.8, 4) is 22.6 Å². The number of halogens is 2. The summed E-state index contributed by atoms with van der Waals surface area (Å²) in [4.78, 5) is 109. The number of nitrogens with one attached hydrogen (secondary N) is 5. The second-order valence-corrected chi connectivity index (χ2v) is 19.0. The molecule has 75 heavy (non-hydrogen) atoms. The molecule has 7 N–H and O–H groups in total. The van der Waals surface area contributed by atoms with Crippen molar-refractivity contribution in [3.63, 3.8) is 0 Å². The maximum absolute atomic E-state index is 14.1. The van der Waals surface area contributed by atoms with Gasteiger partial charge < -0.3 is 36.7 Å². The van der Waals surface area contributed by atoms with Gasteiger partial charge in [0.1, 0.15) is 36.5 Å². The topological polar surface area (TPSA) is 281 Å². The summed E-state index contributed by atoms with van der Waals surface area (Å²) >= 11 is 13.0. The zero-order valence-electron chi connectivity index (χ0n) is 41.5. The summed E-state index contributed by atoms with van der Waals surface area (Å²) in [6.07, 6.45) is 7.09. The molecule has 0 radical (unpaired) electrons. The molecule has 0 aliphatic carbocycles. The van der Waals surface area contributed by atoms with Crippen molar-refractivity contribution in [2.45, 2.75) is 91.1 Å². The first-order chi connectivity index (χ1) is 36.0. The Balaban J connectivity index is 0.997. The van der Waals surface area contributed by atoms with E-state index in [1.165, 1.54) is 23.4 Å². The molecule has 4 aromatic heterocycles. The standard InChI is InChI=1S/C52H57Cl2N13O8/c1-31(2)46(64-43(68)12-5-4-6-24-66-44(69)21-22-45(66)70)50(72)61-40(11-8-23-56-51(55)73)49(71)60-37-17-13-33(14-18-37)29-75-52(74)65(26-35-25-36(53)16-19-38(35)54)28-41-62-47(34-15-20-42-57-30-58-67(42)27-34)48(63-41)39-10-7-9-32(3)59-39/h7,9-10,13-22,25,27,30-31,40,46H,4-6,8,11-12,23-24,26,28-29H2,1-3H3,(H,60,71)(H,61,72)(H,62,63)(H,64,68)(H3,55,56,73)/t40?,46-/m0/s1. The number of amides is 8. The fourth-order valence-corrected chi connectivity index (χ4v) is 8.50. The second-order valence-electron chi connectivity index (χ2n) is 18.1. The van der Waals surface area contributed by atoms with E-state index in [2.05, 4.69) is 36.3 Å². The predicted octanol–water partition coefficient (Wildman–Crippen LogP) is 6.63. The average molecular weight is 1060 g/mol. The third kappa shape index (κ3) is 15.2. The highest BCUT2D eigenvalue weighted by Crippen LogP contribution is 2.31. The summed E-state index contributed by atoms with van der Waals surface area (Å²) in [6, 6.07) is 18.1. The quantitative estimate of drug-likeness (QED) is 0.0275. The zero-order valence-corrected chi connectivity index (χ0v) is 43.0. The lowest BCUT2D eigenvalue weighted by molar-refractivity contribution is -0.137. The number of benzene rings is 2. The molecule has 7 rings (SSSR count). The number of H-pyrrole nitrogens is 1. The third-order valence-corrected chi connectivity index (χ3v) is 12.7. The number of hydrogen-bond donors (Lipinski definition) is 6. The number of urea groups is 1. The number of nitrogens with two attached hydrogens (primary N) is 1. The van der Waals surface area contributed by atoms with E-state index in [4.69, 9.17) is 43.6 Å². The smallest absolute Gasteiger partial charge is 0.410 e. The Bertz CT molecular complexity index is 3070. The van der Waals surface area contributed by atoms with Crippen LogP contribution >= 0.6 is 23.2 Å². The van der Waals surface area contributed by atoms with Crippen LogP contribution in [0.4, 0.5) is 15.3 Å². The SMILES string of the molecule is Cc1cccc(-c2nc(CN(Cc3cc(Cl)ccc3Cl)C(=O)OCc3ccc(NC(=O)C(CCCNC(N)=O)NC(=O)[C@@H](NC(=O)CCCCCN4C(=O)C=CC4=O)C(C)C)cc3)[nH]c2-c2ccc3ncnn3c2)n1. The predicted molar refractivity (Wildman–Crippen MR) is 279 cm³/mol. The molecule has 0 spiro atoms. The molecule has 2 atom stereocenters. The Morgan fingerprint density at radius 3 is 2.37 bits per heavy atom. The van der Waals surface area contributed by atoms with E-state index in [0.717, 1.165) is 16.2 Å². The maximum atomic E-state index is 14.1. The normalized spacial score (nSPS) is 13.0. The highest BCUT2D eigenvalue weighted by molar-refractivity contribution is 6.33. The minimum Gasteiger partial charge on any atom is -0.445 e. The van der Waals surface area contributed by atoms with E-state index in [-0.39, 0.29) is 75.7 Å². The number of imide groups is 1. The maximum Gasteiger partial charge on any atom is 0.410 e. The van der Waals surface area contributed by atoms with Crippen LogP contribution in [-0.4, -0.2) is 106 Å². The lowest BCUT2D eigenvalue weighted by atomic mass is 10.0. The van der Waals surface area contributed by atoms with Crippen LogP contribution in [0.5, 0.6) is 0 Å². The van der Waals surface area contributed by atoms with Gasteiger partial charge in [0.15, 0.2) is 5.65 Å². The highest BCUT2D eigenvalue weighted by Gasteiger charge is 2.30. The van der Waals surface area contributed by atoms with Gasteiger partial charge in [0.05, 0.1) is 24.5 Å². The van der Waals surface area contributed by atoms with Crippen LogP contribution in [0.25, 0.3) is 28.3 Å². The lowest BCUT2D eigenvalue weighted by Gasteiger charge is -2.25. The fourth-order valence-electron chi connectivity index (χ4n) is 8.13. The van der Waals surface area contributed by atoms with Gasteiger partial charge in [-0.05, 0) is 104 Å². The fraction of sp³-hybridized carbons (Fsp3) is 0.327. The molecule has 0 saturated carbocycles. The van der Waals surface area contributed by atoms with E-state index in [0.29, 0.717) is 74.7 Å². The van der Waals surface area contributed by atoms with Crippen molar-refractivity contribution >= 4 is 76.2 Å². The second kappa shape index (κ2) is 25.7. The van der Waals surface area contributed by atoms with Crippen LogP contribution in [0.3, 0.4) is 0 Å². The molecule has 5 heterocycles. The molecule has 1 unspecified atom stereocenters. The van der Waals surface area contributed by atoms with Gasteiger partial charge in [0.25, 0.3) is 11.8 Å². The summed E-state index contributed by atoms with van der Waals surface area (Å²) in [5.74, 6) is -2.15. The molecule has 2 aromatic carbocycles. The Morgan fingerprint density at radius 1 is 0.867 bits per heavy atom. The van der Waals surface area contributed by atoms with Crippen molar-refractivity contribution in [2.24, 2.45) is 11.7 Å². The van der Waals surface area contributed by atoms with Crippen LogP contribution < -0.4 is 27.0 Å². The monoisotopic (exact) mass is 1060 g/mol. The van der Waals surface area contributed by atoms with E-state index >= 15 is 0 Å². The Morgan fingerprint density at radius 2 is 1.64 bits per heavy atom. The van der Waals surface area contributed by atoms with Gasteiger partial charge in [0, 0.05) is 64.8 Å². The molecule has 1 aliphatic heterocycles. The number of nitrogens with zero attached hydrogens (tertiary/aromatic N) is 7. The number of aromatic amines is 1. The molecule has 0 saturated heterocycles. The first kappa shape index (κ1) is 54.6. The third-order valence-electron chi connectivity index (χ3n) is 12.1. The first-order valence-corrected chi connectivity index (χ1v) is 25.0. The number of carbonyl (C=O) groups is 7. The van der Waals surface area contributed by atoms with E-state index in [9.17, 15) is 33.6 Å².